The summed E-state index contributed by atoms with van der Waals surface area (Å²) in [7, 11) is 1.54. The fourth-order valence-electron chi connectivity index (χ4n) is 3.53. The molecule has 3 aromatic carbocycles. The van der Waals surface area contributed by atoms with Gasteiger partial charge in [-0.05, 0) is 80.1 Å². The van der Waals surface area contributed by atoms with E-state index in [1.54, 1.807) is 48.5 Å². The second-order valence-electron chi connectivity index (χ2n) is 7.72. The first kappa shape index (κ1) is 22.1. The molecule has 0 unspecified atom stereocenters. The van der Waals surface area contributed by atoms with Crippen LogP contribution in [-0.2, 0) is 9.59 Å². The Morgan fingerprint density at radius 3 is 2.00 bits per heavy atom. The summed E-state index contributed by atoms with van der Waals surface area (Å²) in [6.45, 7) is 3.87. The largest absolute Gasteiger partial charge is 0.497 e. The number of halogens is 1. The molecule has 0 aliphatic carbocycles. The van der Waals surface area contributed by atoms with Gasteiger partial charge in [0.25, 0.3) is 11.8 Å². The third-order valence-corrected chi connectivity index (χ3v) is 5.04. The van der Waals surface area contributed by atoms with Crippen molar-refractivity contribution in [3.05, 3.63) is 89.9 Å². The van der Waals surface area contributed by atoms with Gasteiger partial charge in [-0.1, -0.05) is 12.1 Å². The summed E-state index contributed by atoms with van der Waals surface area (Å²) in [4.78, 5) is 27.9. The highest BCUT2D eigenvalue weighted by atomic mass is 19.1. The van der Waals surface area contributed by atoms with Crippen LogP contribution in [0.1, 0.15) is 19.4 Å². The van der Waals surface area contributed by atoms with Gasteiger partial charge in [-0.25, -0.2) is 9.29 Å². The lowest BCUT2D eigenvalue weighted by molar-refractivity contribution is -0.120. The third kappa shape index (κ3) is 4.57. The van der Waals surface area contributed by atoms with E-state index in [-0.39, 0.29) is 17.4 Å². The Kier molecular flexibility index (Phi) is 6.13. The standard InChI is InChI=1S/C26H23FN2O4/c1-16(2)33-22-12-8-19(9-13-22)28-24-23(17-4-6-18(27)7-5-17)25(30)29(26(24)31)20-10-14-21(32-3)15-11-20/h4-16,28H,1-3H3. The summed E-state index contributed by atoms with van der Waals surface area (Å²) in [5, 5.41) is 3.08. The molecule has 168 valence electrons. The molecule has 0 fully saturated rings. The highest BCUT2D eigenvalue weighted by Gasteiger charge is 2.40. The van der Waals surface area contributed by atoms with Gasteiger partial charge in [-0.3, -0.25) is 9.59 Å². The summed E-state index contributed by atoms with van der Waals surface area (Å²) in [5.41, 5.74) is 1.73. The zero-order valence-corrected chi connectivity index (χ0v) is 18.5. The predicted molar refractivity (Wildman–Crippen MR) is 125 cm³/mol. The number of benzene rings is 3. The molecule has 0 aromatic heterocycles. The Hall–Kier alpha value is -4.13. The van der Waals surface area contributed by atoms with E-state index in [1.807, 2.05) is 13.8 Å². The monoisotopic (exact) mass is 446 g/mol. The summed E-state index contributed by atoms with van der Waals surface area (Å²) in [6, 6.07) is 19.2. The van der Waals surface area contributed by atoms with E-state index in [1.165, 1.54) is 31.4 Å². The van der Waals surface area contributed by atoms with Crippen LogP contribution in [0, 0.1) is 5.82 Å². The number of hydrogen-bond donors (Lipinski definition) is 1. The number of carbonyl (C=O) groups excluding carboxylic acids is 2. The minimum absolute atomic E-state index is 0.0312. The molecule has 2 amide bonds. The second kappa shape index (κ2) is 9.16. The number of nitrogens with one attached hydrogen (secondary N) is 1. The van der Waals surface area contributed by atoms with Crippen LogP contribution in [0.4, 0.5) is 15.8 Å². The van der Waals surface area contributed by atoms with Gasteiger partial charge in [0, 0.05) is 5.69 Å². The van der Waals surface area contributed by atoms with Crippen LogP contribution in [0.5, 0.6) is 11.5 Å². The van der Waals surface area contributed by atoms with Crippen LogP contribution in [0.3, 0.4) is 0 Å². The number of carbonyl (C=O) groups is 2. The number of ether oxygens (including phenoxy) is 2. The van der Waals surface area contributed by atoms with Gasteiger partial charge in [0.2, 0.25) is 0 Å². The quantitative estimate of drug-likeness (QED) is 0.517. The Morgan fingerprint density at radius 2 is 1.42 bits per heavy atom. The highest BCUT2D eigenvalue weighted by molar-refractivity contribution is 6.46. The molecule has 6 nitrogen and oxygen atoms in total. The van der Waals surface area contributed by atoms with Crippen molar-refractivity contribution in [1.82, 2.24) is 0 Å². The zero-order valence-electron chi connectivity index (χ0n) is 18.5. The van der Waals surface area contributed by atoms with E-state index >= 15 is 0 Å². The molecule has 7 heteroatoms. The number of anilines is 2. The fourth-order valence-corrected chi connectivity index (χ4v) is 3.53. The van der Waals surface area contributed by atoms with Gasteiger partial charge in [0.05, 0.1) is 24.5 Å². The maximum atomic E-state index is 13.5. The van der Waals surface area contributed by atoms with E-state index in [4.69, 9.17) is 9.47 Å². The molecule has 1 aliphatic rings. The molecule has 0 bridgehead atoms. The van der Waals surface area contributed by atoms with E-state index in [0.29, 0.717) is 28.4 Å². The average molecular weight is 446 g/mol. The van der Waals surface area contributed by atoms with Crippen molar-refractivity contribution in [2.24, 2.45) is 0 Å². The Morgan fingerprint density at radius 1 is 0.818 bits per heavy atom. The normalized spacial score (nSPS) is 13.7. The maximum Gasteiger partial charge on any atom is 0.282 e. The first-order valence-electron chi connectivity index (χ1n) is 10.4. The van der Waals surface area contributed by atoms with Gasteiger partial charge >= 0.3 is 0 Å². The SMILES string of the molecule is COc1ccc(N2C(=O)C(Nc3ccc(OC(C)C)cc3)=C(c3ccc(F)cc3)C2=O)cc1. The van der Waals surface area contributed by atoms with Crippen LogP contribution in [0.25, 0.3) is 5.57 Å². The molecule has 1 N–H and O–H groups in total. The molecule has 4 rings (SSSR count). The minimum Gasteiger partial charge on any atom is -0.497 e. The van der Waals surface area contributed by atoms with E-state index in [0.717, 1.165) is 4.90 Å². The number of imide groups is 1. The van der Waals surface area contributed by atoms with Crippen molar-refractivity contribution in [1.29, 1.82) is 0 Å². The predicted octanol–water partition coefficient (Wildman–Crippen LogP) is 5.02. The van der Waals surface area contributed by atoms with Gasteiger partial charge in [0.1, 0.15) is 23.0 Å². The second-order valence-corrected chi connectivity index (χ2v) is 7.72. The number of amides is 2. The summed E-state index contributed by atoms with van der Waals surface area (Å²) in [6.07, 6.45) is 0.0312. The van der Waals surface area contributed by atoms with E-state index < -0.39 is 17.6 Å². The van der Waals surface area contributed by atoms with Crippen molar-refractivity contribution in [3.8, 4) is 11.5 Å². The fraction of sp³-hybridized carbons (Fsp3) is 0.154. The summed E-state index contributed by atoms with van der Waals surface area (Å²) < 4.78 is 24.3. The van der Waals surface area contributed by atoms with Crippen molar-refractivity contribution >= 4 is 28.8 Å². The van der Waals surface area contributed by atoms with Crippen LogP contribution >= 0.6 is 0 Å². The molecule has 0 atom stereocenters. The first-order valence-corrected chi connectivity index (χ1v) is 10.4. The third-order valence-electron chi connectivity index (χ3n) is 5.04. The Labute approximate surface area is 191 Å². The lowest BCUT2D eigenvalue weighted by Gasteiger charge is -2.16. The Balaban J connectivity index is 1.72. The summed E-state index contributed by atoms with van der Waals surface area (Å²) in [5.74, 6) is -0.145. The van der Waals surface area contributed by atoms with Crippen molar-refractivity contribution in [3.63, 3.8) is 0 Å². The molecule has 0 spiro atoms. The minimum atomic E-state index is -0.507. The Bertz CT molecular complexity index is 1200. The molecule has 0 saturated heterocycles. The van der Waals surface area contributed by atoms with Gasteiger partial charge in [0.15, 0.2) is 0 Å². The van der Waals surface area contributed by atoms with Crippen LogP contribution < -0.4 is 19.7 Å². The molecule has 3 aromatic rings. The van der Waals surface area contributed by atoms with E-state index in [2.05, 4.69) is 5.32 Å². The van der Waals surface area contributed by atoms with Crippen molar-refractivity contribution in [2.45, 2.75) is 20.0 Å². The number of nitrogens with zero attached hydrogens (tertiary/aromatic N) is 1. The number of methoxy groups -OCH3 is 1. The molecular formula is C26H23FN2O4. The molecule has 1 heterocycles. The molecular weight excluding hydrogens is 423 g/mol. The van der Waals surface area contributed by atoms with E-state index in [9.17, 15) is 14.0 Å². The van der Waals surface area contributed by atoms with Crippen molar-refractivity contribution < 1.29 is 23.5 Å². The number of rotatable bonds is 7. The number of hydrogen-bond acceptors (Lipinski definition) is 5. The highest BCUT2D eigenvalue weighted by Crippen LogP contribution is 2.34. The molecule has 33 heavy (non-hydrogen) atoms. The van der Waals surface area contributed by atoms with Gasteiger partial charge in [-0.15, -0.1) is 0 Å². The molecule has 1 aliphatic heterocycles. The average Bonchev–Trinajstić information content (AvgIpc) is 3.05. The lowest BCUT2D eigenvalue weighted by atomic mass is 10.0. The van der Waals surface area contributed by atoms with Crippen molar-refractivity contribution in [2.75, 3.05) is 17.3 Å². The molecule has 0 radical (unpaired) electrons. The molecule has 0 saturated carbocycles. The topological polar surface area (TPSA) is 67.9 Å². The maximum absolute atomic E-state index is 13.5. The van der Waals surface area contributed by atoms with Crippen LogP contribution in [0.2, 0.25) is 0 Å². The van der Waals surface area contributed by atoms with Crippen LogP contribution in [-0.4, -0.2) is 25.0 Å². The zero-order chi connectivity index (χ0) is 23.5. The van der Waals surface area contributed by atoms with Gasteiger partial charge < -0.3 is 14.8 Å². The first-order chi connectivity index (χ1) is 15.9. The van der Waals surface area contributed by atoms with Gasteiger partial charge in [-0.2, -0.15) is 0 Å². The smallest absolute Gasteiger partial charge is 0.282 e. The summed E-state index contributed by atoms with van der Waals surface area (Å²) >= 11 is 0. The van der Waals surface area contributed by atoms with Crippen LogP contribution in [0.15, 0.2) is 78.5 Å². The lowest BCUT2D eigenvalue weighted by Crippen LogP contribution is -2.32.